The van der Waals surface area contributed by atoms with E-state index in [1.165, 1.54) is 26.4 Å². The number of esters is 1. The molecule has 1 aromatic carbocycles. The number of ether oxygens (including phenoxy) is 5. The van der Waals surface area contributed by atoms with Crippen LogP contribution in [0.25, 0.3) is 0 Å². The maximum Gasteiger partial charge on any atom is 0.341 e. The molecule has 1 amide bonds. The van der Waals surface area contributed by atoms with Crippen molar-refractivity contribution in [3.63, 3.8) is 0 Å². The average molecular weight is 433 g/mol. The molecular weight excluding hydrogens is 410 g/mol. The van der Waals surface area contributed by atoms with E-state index in [2.05, 4.69) is 5.32 Å². The van der Waals surface area contributed by atoms with Crippen molar-refractivity contribution in [3.05, 3.63) is 54.0 Å². The number of benzene rings is 1. The number of methoxy groups -OCH3 is 1. The Balaban J connectivity index is 1.57. The lowest BCUT2D eigenvalue weighted by Crippen LogP contribution is -2.67. The number of amides is 1. The summed E-state index contributed by atoms with van der Waals surface area (Å²) in [6.07, 6.45) is -3.11. The number of carbonyl (C=O) groups is 2. The van der Waals surface area contributed by atoms with Crippen LogP contribution >= 0.6 is 0 Å². The number of hydrogen-bond donors (Lipinski definition) is 2. The number of fused-ring (bicyclic) bond motifs is 1. The van der Waals surface area contributed by atoms with Crippen LogP contribution in [0.4, 0.5) is 0 Å². The standard InChI is InChI=1S/C21H23NO9/c1-11(23)22-16-17(24)18-15(10-28-20(31-18)14-8-5-9-27-14)30-21(16)29-13-7-4-3-6-12(13)19(25)26-2/h3-9,15-18,20-21,24H,10H2,1-2H3,(H,22,23). The minimum atomic E-state index is -1.18. The fourth-order valence-corrected chi connectivity index (χ4v) is 3.62. The maximum atomic E-state index is 12.1. The lowest BCUT2D eigenvalue weighted by Gasteiger charge is -2.47. The highest BCUT2D eigenvalue weighted by Gasteiger charge is 2.51. The van der Waals surface area contributed by atoms with Gasteiger partial charge in [-0.3, -0.25) is 4.79 Å². The van der Waals surface area contributed by atoms with Crippen molar-refractivity contribution < 1.29 is 42.8 Å². The van der Waals surface area contributed by atoms with E-state index in [1.807, 2.05) is 0 Å². The summed E-state index contributed by atoms with van der Waals surface area (Å²) in [6.45, 7) is 1.41. The highest BCUT2D eigenvalue weighted by atomic mass is 16.8. The average Bonchev–Trinajstić information content (AvgIpc) is 3.31. The smallest absolute Gasteiger partial charge is 0.341 e. The highest BCUT2D eigenvalue weighted by Crippen LogP contribution is 2.35. The zero-order chi connectivity index (χ0) is 22.0. The van der Waals surface area contributed by atoms with E-state index in [9.17, 15) is 14.7 Å². The first-order valence-electron chi connectivity index (χ1n) is 9.73. The second-order valence-electron chi connectivity index (χ2n) is 7.15. The molecule has 3 heterocycles. The lowest BCUT2D eigenvalue weighted by atomic mass is 9.95. The molecule has 0 radical (unpaired) electrons. The molecule has 0 bridgehead atoms. The van der Waals surface area contributed by atoms with Crippen LogP contribution in [0.2, 0.25) is 0 Å². The van der Waals surface area contributed by atoms with Gasteiger partial charge in [0.05, 0.1) is 20.0 Å². The molecule has 1 aromatic heterocycles. The van der Waals surface area contributed by atoms with Gasteiger partial charge < -0.3 is 38.5 Å². The van der Waals surface area contributed by atoms with Crippen molar-refractivity contribution >= 4 is 11.9 Å². The summed E-state index contributed by atoms with van der Waals surface area (Å²) in [5.74, 6) is -0.347. The number of rotatable bonds is 5. The minimum absolute atomic E-state index is 0.0956. The SMILES string of the molecule is COC(=O)c1ccccc1OC1OC2COC(c3ccco3)OC2C(O)C1NC(C)=O. The minimum Gasteiger partial charge on any atom is -0.465 e. The molecule has 0 spiro atoms. The van der Waals surface area contributed by atoms with Gasteiger partial charge in [0.1, 0.15) is 35.7 Å². The number of hydrogen-bond acceptors (Lipinski definition) is 9. The first kappa shape index (κ1) is 21.3. The van der Waals surface area contributed by atoms with Crippen molar-refractivity contribution in [1.82, 2.24) is 5.32 Å². The van der Waals surface area contributed by atoms with Crippen molar-refractivity contribution in [1.29, 1.82) is 0 Å². The Labute approximate surface area is 178 Å². The van der Waals surface area contributed by atoms with Gasteiger partial charge in [0.15, 0.2) is 5.76 Å². The molecule has 6 unspecified atom stereocenters. The molecule has 10 nitrogen and oxygen atoms in total. The summed E-state index contributed by atoms with van der Waals surface area (Å²) in [5.41, 5.74) is 0.181. The third-order valence-corrected chi connectivity index (χ3v) is 5.05. The third-order valence-electron chi connectivity index (χ3n) is 5.05. The van der Waals surface area contributed by atoms with Crippen molar-refractivity contribution in [2.75, 3.05) is 13.7 Å². The molecule has 2 fully saturated rings. The van der Waals surface area contributed by atoms with Crippen LogP contribution in [0, 0.1) is 0 Å². The van der Waals surface area contributed by atoms with E-state index in [4.69, 9.17) is 28.1 Å². The summed E-state index contributed by atoms with van der Waals surface area (Å²) in [6, 6.07) is 8.87. The Hall–Kier alpha value is -2.92. The predicted molar refractivity (Wildman–Crippen MR) is 103 cm³/mol. The summed E-state index contributed by atoms with van der Waals surface area (Å²) >= 11 is 0. The van der Waals surface area contributed by atoms with Crippen molar-refractivity contribution in [2.24, 2.45) is 0 Å². The maximum absolute atomic E-state index is 12.1. The Bertz CT molecular complexity index is 915. The van der Waals surface area contributed by atoms with Crippen LogP contribution in [0.15, 0.2) is 47.1 Å². The van der Waals surface area contributed by atoms with Gasteiger partial charge in [-0.15, -0.1) is 0 Å². The number of para-hydroxylation sites is 1. The summed E-state index contributed by atoms with van der Waals surface area (Å²) in [7, 11) is 1.26. The molecule has 2 aliphatic rings. The topological polar surface area (TPSA) is 126 Å². The van der Waals surface area contributed by atoms with Crippen LogP contribution in [-0.4, -0.2) is 61.3 Å². The number of carbonyl (C=O) groups excluding carboxylic acids is 2. The number of furan rings is 1. The van der Waals surface area contributed by atoms with E-state index in [-0.39, 0.29) is 17.9 Å². The van der Waals surface area contributed by atoms with Gasteiger partial charge in [0, 0.05) is 6.92 Å². The first-order valence-corrected chi connectivity index (χ1v) is 9.73. The number of aliphatic hydroxyl groups is 1. The Morgan fingerprint density at radius 3 is 2.68 bits per heavy atom. The molecule has 10 heteroatoms. The van der Waals surface area contributed by atoms with E-state index < -0.39 is 48.8 Å². The van der Waals surface area contributed by atoms with Crippen molar-refractivity contribution in [3.8, 4) is 5.75 Å². The van der Waals surface area contributed by atoms with E-state index in [0.29, 0.717) is 5.76 Å². The second-order valence-corrected chi connectivity index (χ2v) is 7.15. The molecule has 0 saturated carbocycles. The summed E-state index contributed by atoms with van der Waals surface area (Å²) in [5, 5.41) is 13.7. The van der Waals surface area contributed by atoms with E-state index >= 15 is 0 Å². The molecule has 2 N–H and O–H groups in total. The Morgan fingerprint density at radius 2 is 1.97 bits per heavy atom. The summed E-state index contributed by atoms with van der Waals surface area (Å²) < 4.78 is 33.5. The zero-order valence-corrected chi connectivity index (χ0v) is 16.9. The van der Waals surface area contributed by atoms with Gasteiger partial charge in [0.25, 0.3) is 0 Å². The summed E-state index contributed by atoms with van der Waals surface area (Å²) in [4.78, 5) is 23.9. The molecule has 2 saturated heterocycles. The van der Waals surface area contributed by atoms with Crippen LogP contribution < -0.4 is 10.1 Å². The highest BCUT2D eigenvalue weighted by molar-refractivity contribution is 5.92. The first-order chi connectivity index (χ1) is 15.0. The molecule has 0 aliphatic carbocycles. The fourth-order valence-electron chi connectivity index (χ4n) is 3.62. The lowest BCUT2D eigenvalue weighted by molar-refractivity contribution is -0.336. The molecular formula is C21H23NO9. The Kier molecular flexibility index (Phi) is 6.23. The van der Waals surface area contributed by atoms with Gasteiger partial charge in [0.2, 0.25) is 18.5 Å². The normalized spacial score (nSPS) is 30.2. The fraction of sp³-hybridized carbons (Fsp3) is 0.429. The predicted octanol–water partition coefficient (Wildman–Crippen LogP) is 1.15. The van der Waals surface area contributed by atoms with Gasteiger partial charge in [-0.25, -0.2) is 4.79 Å². The Morgan fingerprint density at radius 1 is 1.16 bits per heavy atom. The van der Waals surface area contributed by atoms with Crippen LogP contribution in [0.5, 0.6) is 5.75 Å². The van der Waals surface area contributed by atoms with Crippen molar-refractivity contribution in [2.45, 2.75) is 43.9 Å². The van der Waals surface area contributed by atoms with Gasteiger partial charge >= 0.3 is 5.97 Å². The molecule has 2 aromatic rings. The largest absolute Gasteiger partial charge is 0.465 e. The van der Waals surface area contributed by atoms with E-state index in [0.717, 1.165) is 0 Å². The van der Waals surface area contributed by atoms with Crippen LogP contribution in [0.1, 0.15) is 29.3 Å². The molecule has 166 valence electrons. The molecule has 6 atom stereocenters. The van der Waals surface area contributed by atoms with Gasteiger partial charge in [-0.1, -0.05) is 12.1 Å². The molecule has 31 heavy (non-hydrogen) atoms. The number of aliphatic hydroxyl groups excluding tert-OH is 1. The van der Waals surface area contributed by atoms with Crippen LogP contribution in [0.3, 0.4) is 0 Å². The van der Waals surface area contributed by atoms with Crippen LogP contribution in [-0.2, 0) is 23.7 Å². The zero-order valence-electron chi connectivity index (χ0n) is 16.9. The monoisotopic (exact) mass is 433 g/mol. The van der Waals surface area contributed by atoms with Gasteiger partial charge in [-0.05, 0) is 24.3 Å². The third kappa shape index (κ3) is 4.42. The molecule has 2 aliphatic heterocycles. The molecule has 4 rings (SSSR count). The quantitative estimate of drug-likeness (QED) is 0.668. The van der Waals surface area contributed by atoms with E-state index in [1.54, 1.807) is 30.3 Å². The van der Waals surface area contributed by atoms with Gasteiger partial charge in [-0.2, -0.15) is 0 Å². The number of nitrogens with one attached hydrogen (secondary N) is 1. The second kappa shape index (κ2) is 9.06.